The lowest BCUT2D eigenvalue weighted by atomic mass is 9.97. The molecule has 1 atom stereocenters. The largest absolute Gasteiger partial charge is 0.491 e. The Kier molecular flexibility index (Phi) is 5.94. The number of pyridine rings is 1. The van der Waals surface area contributed by atoms with Crippen molar-refractivity contribution in [3.8, 4) is 5.75 Å². The van der Waals surface area contributed by atoms with Crippen LogP contribution in [0.5, 0.6) is 5.75 Å². The van der Waals surface area contributed by atoms with E-state index in [0.29, 0.717) is 13.1 Å². The molecule has 1 unspecified atom stereocenters. The molecule has 1 fully saturated rings. The molecule has 3 aromatic rings. The molecule has 1 saturated heterocycles. The molecule has 0 radical (unpaired) electrons. The number of aromatic nitrogens is 2. The molecule has 4 rings (SSSR count). The fourth-order valence-electron chi connectivity index (χ4n) is 3.55. The number of amides is 1. The van der Waals surface area contributed by atoms with Gasteiger partial charge < -0.3 is 15.0 Å². The summed E-state index contributed by atoms with van der Waals surface area (Å²) in [6, 6.07) is 11.8. The number of piperidine rings is 1. The topological polar surface area (TPSA) is 67.3 Å². The van der Waals surface area contributed by atoms with Crippen molar-refractivity contribution in [2.45, 2.75) is 39.3 Å². The Balaban J connectivity index is 1.33. The van der Waals surface area contributed by atoms with Crippen molar-refractivity contribution in [1.82, 2.24) is 15.3 Å². The summed E-state index contributed by atoms with van der Waals surface area (Å²) in [6.45, 7) is 6.18. The second kappa shape index (κ2) is 8.78. The van der Waals surface area contributed by atoms with Crippen molar-refractivity contribution in [3.05, 3.63) is 48.2 Å². The molecule has 3 heterocycles. The second-order valence-corrected chi connectivity index (χ2v) is 8.59. The third kappa shape index (κ3) is 4.85. The number of ether oxygens (including phenoxy) is 1. The summed E-state index contributed by atoms with van der Waals surface area (Å²) in [5, 5.41) is 4.05. The van der Waals surface area contributed by atoms with E-state index in [9.17, 15) is 4.79 Å². The minimum atomic E-state index is -0.0210. The first-order valence-electron chi connectivity index (χ1n) is 10.1. The van der Waals surface area contributed by atoms with Gasteiger partial charge in [0.2, 0.25) is 5.91 Å². The highest BCUT2D eigenvalue weighted by atomic mass is 32.1. The van der Waals surface area contributed by atoms with Gasteiger partial charge in [0.15, 0.2) is 5.13 Å². The van der Waals surface area contributed by atoms with Gasteiger partial charge in [0, 0.05) is 25.8 Å². The van der Waals surface area contributed by atoms with Gasteiger partial charge in [-0.2, -0.15) is 0 Å². The van der Waals surface area contributed by atoms with Crippen LogP contribution in [0.25, 0.3) is 10.3 Å². The third-order valence-corrected chi connectivity index (χ3v) is 6.02. The van der Waals surface area contributed by atoms with Crippen LogP contribution in [0.2, 0.25) is 0 Å². The van der Waals surface area contributed by atoms with Gasteiger partial charge in [-0.15, -0.1) is 0 Å². The minimum Gasteiger partial charge on any atom is -0.491 e. The zero-order chi connectivity index (χ0) is 20.2. The zero-order valence-electron chi connectivity index (χ0n) is 16.8. The van der Waals surface area contributed by atoms with Crippen LogP contribution in [0.15, 0.2) is 42.6 Å². The lowest BCUT2D eigenvalue weighted by Gasteiger charge is -2.31. The van der Waals surface area contributed by atoms with Gasteiger partial charge in [-0.05, 0) is 56.5 Å². The molecular formula is C22H26N4O2S. The van der Waals surface area contributed by atoms with Gasteiger partial charge in [0.05, 0.1) is 12.0 Å². The van der Waals surface area contributed by atoms with Crippen LogP contribution in [0.3, 0.4) is 0 Å². The molecule has 1 aliphatic heterocycles. The molecule has 0 spiro atoms. The Bertz CT molecular complexity index is 937. The normalized spacial score (nSPS) is 16.9. The molecule has 0 bridgehead atoms. The van der Waals surface area contributed by atoms with Gasteiger partial charge in [0.1, 0.15) is 16.1 Å². The monoisotopic (exact) mass is 410 g/mol. The molecule has 1 N–H and O–H groups in total. The molecule has 0 saturated carbocycles. The summed E-state index contributed by atoms with van der Waals surface area (Å²) in [6.07, 6.45) is 3.84. The second-order valence-electron chi connectivity index (χ2n) is 7.64. The quantitative estimate of drug-likeness (QED) is 0.665. The van der Waals surface area contributed by atoms with Gasteiger partial charge in [-0.25, -0.2) is 9.97 Å². The fraction of sp³-hybridized carbons (Fsp3) is 0.409. The zero-order valence-corrected chi connectivity index (χ0v) is 17.6. The maximum atomic E-state index is 12.7. The van der Waals surface area contributed by atoms with Gasteiger partial charge >= 0.3 is 0 Å². The van der Waals surface area contributed by atoms with E-state index in [2.05, 4.69) is 15.2 Å². The first-order chi connectivity index (χ1) is 14.1. The molecule has 1 aromatic carbocycles. The Morgan fingerprint density at radius 3 is 2.90 bits per heavy atom. The van der Waals surface area contributed by atoms with E-state index in [1.54, 1.807) is 17.5 Å². The first-order valence-corrected chi connectivity index (χ1v) is 10.9. The SMILES string of the molecule is CC(C)Oc1ccc(CNC(=O)C2CCCN(c3nc4cccnc4s3)C2)cc1. The van der Waals surface area contributed by atoms with E-state index < -0.39 is 0 Å². The maximum absolute atomic E-state index is 12.7. The van der Waals surface area contributed by atoms with E-state index in [-0.39, 0.29) is 17.9 Å². The van der Waals surface area contributed by atoms with E-state index >= 15 is 0 Å². The fourth-order valence-corrected chi connectivity index (χ4v) is 4.49. The maximum Gasteiger partial charge on any atom is 0.225 e. The number of carbonyl (C=O) groups excluding carboxylic acids is 1. The highest BCUT2D eigenvalue weighted by Gasteiger charge is 2.27. The minimum absolute atomic E-state index is 0.0210. The molecule has 1 aliphatic rings. The number of thiazole rings is 1. The van der Waals surface area contributed by atoms with Crippen molar-refractivity contribution < 1.29 is 9.53 Å². The third-order valence-electron chi connectivity index (χ3n) is 4.98. The van der Waals surface area contributed by atoms with Crippen LogP contribution in [-0.4, -0.2) is 35.1 Å². The van der Waals surface area contributed by atoms with Crippen LogP contribution in [0.1, 0.15) is 32.3 Å². The smallest absolute Gasteiger partial charge is 0.225 e. The number of anilines is 1. The van der Waals surface area contributed by atoms with Gasteiger partial charge in [-0.3, -0.25) is 4.79 Å². The summed E-state index contributed by atoms with van der Waals surface area (Å²) in [5.41, 5.74) is 1.99. The van der Waals surface area contributed by atoms with E-state index in [0.717, 1.165) is 46.2 Å². The van der Waals surface area contributed by atoms with Crippen LogP contribution in [0.4, 0.5) is 5.13 Å². The highest BCUT2D eigenvalue weighted by molar-refractivity contribution is 7.21. The average Bonchev–Trinajstić information content (AvgIpc) is 3.17. The molecule has 1 amide bonds. The number of benzene rings is 1. The highest BCUT2D eigenvalue weighted by Crippen LogP contribution is 2.30. The summed E-state index contributed by atoms with van der Waals surface area (Å²) in [7, 11) is 0. The number of fused-ring (bicyclic) bond motifs is 1. The van der Waals surface area contributed by atoms with Crippen molar-refractivity contribution in [1.29, 1.82) is 0 Å². The summed E-state index contributed by atoms with van der Waals surface area (Å²) >= 11 is 1.59. The molecule has 7 heteroatoms. The molecule has 29 heavy (non-hydrogen) atoms. The van der Waals surface area contributed by atoms with Crippen molar-refractivity contribution in [2.75, 3.05) is 18.0 Å². The summed E-state index contributed by atoms with van der Waals surface area (Å²) in [4.78, 5) is 25.0. The molecule has 152 valence electrons. The lowest BCUT2D eigenvalue weighted by Crippen LogP contribution is -2.42. The first kappa shape index (κ1) is 19.6. The number of carbonyl (C=O) groups is 1. The van der Waals surface area contributed by atoms with E-state index in [4.69, 9.17) is 9.72 Å². The van der Waals surface area contributed by atoms with Gasteiger partial charge in [-0.1, -0.05) is 23.5 Å². The van der Waals surface area contributed by atoms with Crippen LogP contribution in [0, 0.1) is 5.92 Å². The molecule has 2 aromatic heterocycles. The standard InChI is InChI=1S/C22H26N4O2S/c1-15(2)28-18-9-7-16(8-10-18)13-24-20(27)17-5-4-12-26(14-17)22-25-19-6-3-11-23-21(19)29-22/h3,6-11,15,17H,4-5,12-14H2,1-2H3,(H,24,27). The summed E-state index contributed by atoms with van der Waals surface area (Å²) in [5.74, 6) is 0.937. The van der Waals surface area contributed by atoms with Crippen LogP contribution < -0.4 is 15.0 Å². The molecule has 0 aliphatic carbocycles. The number of rotatable bonds is 6. The van der Waals surface area contributed by atoms with Crippen molar-refractivity contribution in [3.63, 3.8) is 0 Å². The van der Waals surface area contributed by atoms with E-state index in [1.807, 2.05) is 50.2 Å². The predicted octanol–water partition coefficient (Wildman–Crippen LogP) is 4.01. The molecule has 6 nitrogen and oxygen atoms in total. The van der Waals surface area contributed by atoms with Crippen LogP contribution >= 0.6 is 11.3 Å². The van der Waals surface area contributed by atoms with Crippen molar-refractivity contribution in [2.24, 2.45) is 5.92 Å². The average molecular weight is 411 g/mol. The summed E-state index contributed by atoms with van der Waals surface area (Å²) < 4.78 is 5.66. The Labute approximate surface area is 174 Å². The lowest BCUT2D eigenvalue weighted by molar-refractivity contribution is -0.125. The Morgan fingerprint density at radius 1 is 1.31 bits per heavy atom. The van der Waals surface area contributed by atoms with Crippen LogP contribution in [-0.2, 0) is 11.3 Å². The van der Waals surface area contributed by atoms with E-state index in [1.165, 1.54) is 0 Å². The number of hydrogen-bond acceptors (Lipinski definition) is 6. The Morgan fingerprint density at radius 2 is 2.14 bits per heavy atom. The van der Waals surface area contributed by atoms with Crippen molar-refractivity contribution >= 4 is 32.7 Å². The number of hydrogen-bond donors (Lipinski definition) is 1. The molecular weight excluding hydrogens is 384 g/mol. The Hall–Kier alpha value is -2.67. The number of nitrogens with zero attached hydrogens (tertiary/aromatic N) is 3. The number of nitrogens with one attached hydrogen (secondary N) is 1. The van der Waals surface area contributed by atoms with Gasteiger partial charge in [0.25, 0.3) is 0 Å². The predicted molar refractivity (Wildman–Crippen MR) is 116 cm³/mol.